The number of ketones is 1. The third-order valence-electron chi connectivity index (χ3n) is 5.50. The van der Waals surface area contributed by atoms with E-state index in [0.717, 1.165) is 19.3 Å². The molecule has 120 valence electrons. The van der Waals surface area contributed by atoms with Crippen molar-refractivity contribution in [2.24, 2.45) is 5.92 Å². The van der Waals surface area contributed by atoms with Crippen LogP contribution in [0.5, 0.6) is 0 Å². The smallest absolute Gasteiger partial charge is 0.408 e. The number of carboxylic acid groups (broad SMARTS) is 1. The van der Waals surface area contributed by atoms with E-state index in [9.17, 15) is 14.7 Å². The molecule has 0 spiro atoms. The van der Waals surface area contributed by atoms with E-state index in [0.29, 0.717) is 0 Å². The third kappa shape index (κ3) is 2.88. The Morgan fingerprint density at radius 1 is 1.38 bits per heavy atom. The summed E-state index contributed by atoms with van der Waals surface area (Å²) < 4.78 is 6.11. The summed E-state index contributed by atoms with van der Waals surface area (Å²) in [7, 11) is -1.97. The highest BCUT2D eigenvalue weighted by Gasteiger charge is 2.53. The van der Waals surface area contributed by atoms with Gasteiger partial charge in [0, 0.05) is 12.0 Å². The molecule has 1 heterocycles. The van der Waals surface area contributed by atoms with E-state index in [2.05, 4.69) is 33.9 Å². The van der Waals surface area contributed by atoms with Gasteiger partial charge in [-0.15, -0.1) is 0 Å². The fraction of sp³-hybridized carbons (Fsp3) is 0.867. The van der Waals surface area contributed by atoms with E-state index in [-0.39, 0.29) is 29.4 Å². The van der Waals surface area contributed by atoms with Crippen molar-refractivity contribution in [2.45, 2.75) is 70.2 Å². The number of carbonyl (C=O) groups excluding carboxylic acids is 1. The molecule has 1 saturated heterocycles. The maximum atomic E-state index is 12.5. The summed E-state index contributed by atoms with van der Waals surface area (Å²) in [5, 5.41) is 9.52. The maximum Gasteiger partial charge on any atom is 0.408 e. The van der Waals surface area contributed by atoms with Gasteiger partial charge in [0.1, 0.15) is 6.04 Å². The maximum absolute atomic E-state index is 12.5. The molecule has 2 fully saturated rings. The molecular weight excluding hydrogens is 286 g/mol. The Kier molecular flexibility index (Phi) is 4.23. The summed E-state index contributed by atoms with van der Waals surface area (Å²) in [6.07, 6.45) is 1.59. The average molecular weight is 313 g/mol. The van der Waals surface area contributed by atoms with Gasteiger partial charge in [0.15, 0.2) is 14.1 Å². The Balaban J connectivity index is 2.12. The lowest BCUT2D eigenvalue weighted by Gasteiger charge is -2.37. The van der Waals surface area contributed by atoms with Gasteiger partial charge in [0.05, 0.1) is 6.61 Å². The summed E-state index contributed by atoms with van der Waals surface area (Å²) in [5.41, 5.74) is 0. The number of fused-ring (bicyclic) bond motifs is 1. The van der Waals surface area contributed by atoms with Crippen LogP contribution in [0.4, 0.5) is 4.79 Å². The quantitative estimate of drug-likeness (QED) is 0.813. The van der Waals surface area contributed by atoms with Gasteiger partial charge in [0.25, 0.3) is 0 Å². The molecule has 21 heavy (non-hydrogen) atoms. The van der Waals surface area contributed by atoms with Crippen molar-refractivity contribution >= 4 is 20.2 Å². The Morgan fingerprint density at radius 3 is 2.52 bits per heavy atom. The lowest BCUT2D eigenvalue weighted by atomic mass is 10.0. The Morgan fingerprint density at radius 2 is 2.00 bits per heavy atom. The number of Topliss-reactive ketones (excluding diaryl/α,β-unsaturated/α-hetero) is 1. The zero-order valence-electron chi connectivity index (χ0n) is 13.7. The van der Waals surface area contributed by atoms with Crippen LogP contribution in [0.3, 0.4) is 0 Å². The van der Waals surface area contributed by atoms with Gasteiger partial charge in [-0.3, -0.25) is 9.69 Å². The van der Waals surface area contributed by atoms with E-state index >= 15 is 0 Å². The zero-order valence-corrected chi connectivity index (χ0v) is 14.7. The third-order valence-corrected chi connectivity index (χ3v) is 10.00. The fourth-order valence-corrected chi connectivity index (χ4v) is 4.17. The molecule has 3 atom stereocenters. The molecule has 1 amide bonds. The van der Waals surface area contributed by atoms with Gasteiger partial charge in [-0.1, -0.05) is 27.2 Å². The minimum absolute atomic E-state index is 0.0541. The second-order valence-corrected chi connectivity index (χ2v) is 12.6. The number of nitrogens with zero attached hydrogens (tertiary/aromatic N) is 1. The molecule has 1 aliphatic carbocycles. The first-order chi connectivity index (χ1) is 9.56. The van der Waals surface area contributed by atoms with Crippen LogP contribution < -0.4 is 0 Å². The topological polar surface area (TPSA) is 66.8 Å². The van der Waals surface area contributed by atoms with Crippen LogP contribution in [-0.2, 0) is 9.22 Å². The van der Waals surface area contributed by atoms with E-state index in [4.69, 9.17) is 4.43 Å². The molecule has 0 aromatic heterocycles. The van der Waals surface area contributed by atoms with E-state index in [1.165, 1.54) is 4.90 Å². The fourth-order valence-electron chi connectivity index (χ4n) is 3.16. The van der Waals surface area contributed by atoms with Crippen molar-refractivity contribution in [1.82, 2.24) is 4.90 Å². The molecule has 6 heteroatoms. The summed E-state index contributed by atoms with van der Waals surface area (Å²) in [6, 6.07) is -0.727. The largest absolute Gasteiger partial charge is 0.465 e. The summed E-state index contributed by atoms with van der Waals surface area (Å²) in [6.45, 7) is 10.9. The molecule has 0 aromatic rings. The molecule has 0 bridgehead atoms. The lowest BCUT2D eigenvalue weighted by Crippen LogP contribution is -2.48. The predicted molar refractivity (Wildman–Crippen MR) is 82.9 cm³/mol. The molecule has 1 N–H and O–H groups in total. The van der Waals surface area contributed by atoms with Crippen LogP contribution in [-0.4, -0.2) is 48.9 Å². The lowest BCUT2D eigenvalue weighted by molar-refractivity contribution is -0.123. The minimum atomic E-state index is -1.97. The summed E-state index contributed by atoms with van der Waals surface area (Å²) in [4.78, 5) is 25.4. The SMILES string of the molecule is CC(C)(C)[Si](C)(C)OC[C@H]1C(=O)[C@H]2CCC[C@H]2N1C(=O)O. The van der Waals surface area contributed by atoms with Crippen molar-refractivity contribution in [1.29, 1.82) is 0 Å². The van der Waals surface area contributed by atoms with Crippen molar-refractivity contribution < 1.29 is 19.1 Å². The van der Waals surface area contributed by atoms with Crippen molar-refractivity contribution in [3.05, 3.63) is 0 Å². The number of hydrogen-bond donors (Lipinski definition) is 1. The second-order valence-electron chi connectivity index (χ2n) is 7.78. The van der Waals surface area contributed by atoms with Crippen molar-refractivity contribution in [3.63, 3.8) is 0 Å². The average Bonchev–Trinajstić information content (AvgIpc) is 2.87. The first-order valence-corrected chi connectivity index (χ1v) is 10.7. The highest BCUT2D eigenvalue weighted by Crippen LogP contribution is 2.41. The molecule has 2 rings (SSSR count). The van der Waals surface area contributed by atoms with Gasteiger partial charge in [-0.05, 0) is 31.0 Å². The highest BCUT2D eigenvalue weighted by molar-refractivity contribution is 6.74. The molecule has 5 nitrogen and oxygen atoms in total. The molecule has 2 aliphatic rings. The first-order valence-electron chi connectivity index (χ1n) is 7.75. The van der Waals surface area contributed by atoms with E-state index in [1.807, 2.05) is 0 Å². The first kappa shape index (κ1) is 16.5. The van der Waals surface area contributed by atoms with Gasteiger partial charge < -0.3 is 9.53 Å². The normalized spacial score (nSPS) is 29.9. The Hall–Kier alpha value is -0.883. The molecule has 0 radical (unpaired) electrons. The van der Waals surface area contributed by atoms with E-state index in [1.54, 1.807) is 0 Å². The molecule has 0 aromatic carbocycles. The second kappa shape index (κ2) is 5.39. The van der Waals surface area contributed by atoms with Gasteiger partial charge in [0.2, 0.25) is 0 Å². The van der Waals surface area contributed by atoms with E-state index < -0.39 is 20.5 Å². The molecule has 0 unspecified atom stereocenters. The highest BCUT2D eigenvalue weighted by atomic mass is 28.4. The number of rotatable bonds is 3. The van der Waals surface area contributed by atoms with Crippen LogP contribution in [0.15, 0.2) is 0 Å². The molecule has 1 aliphatic heterocycles. The van der Waals surface area contributed by atoms with Gasteiger partial charge >= 0.3 is 6.09 Å². The predicted octanol–water partition coefficient (Wildman–Crippen LogP) is 3.11. The van der Waals surface area contributed by atoms with Gasteiger partial charge in [-0.25, -0.2) is 4.79 Å². The number of carbonyl (C=O) groups is 2. The number of likely N-dealkylation sites (tertiary alicyclic amines) is 1. The monoisotopic (exact) mass is 313 g/mol. The standard InChI is InChI=1S/C15H27NO4Si/c1-15(2,3)21(4,5)20-9-12-13(17)10-7-6-8-11(10)16(12)14(18)19/h10-12H,6-9H2,1-5H3,(H,18,19)/t10-,11+,12-/m0/s1. The van der Waals surface area contributed by atoms with Crippen molar-refractivity contribution in [2.75, 3.05) is 6.61 Å². The van der Waals surface area contributed by atoms with Crippen LogP contribution in [0.2, 0.25) is 18.1 Å². The van der Waals surface area contributed by atoms with Crippen molar-refractivity contribution in [3.8, 4) is 0 Å². The van der Waals surface area contributed by atoms with Crippen LogP contribution in [0.1, 0.15) is 40.0 Å². The summed E-state index contributed by atoms with van der Waals surface area (Å²) in [5.74, 6) is -0.0345. The van der Waals surface area contributed by atoms with Crippen LogP contribution >= 0.6 is 0 Å². The number of amides is 1. The summed E-state index contributed by atoms with van der Waals surface area (Å²) >= 11 is 0. The van der Waals surface area contributed by atoms with Crippen LogP contribution in [0.25, 0.3) is 0 Å². The molecule has 1 saturated carbocycles. The number of hydrogen-bond acceptors (Lipinski definition) is 3. The Bertz CT molecular complexity index is 443. The van der Waals surface area contributed by atoms with Gasteiger partial charge in [-0.2, -0.15) is 0 Å². The van der Waals surface area contributed by atoms with Crippen LogP contribution in [0, 0.1) is 5.92 Å². The molecular formula is C15H27NO4Si. The zero-order chi connectivity index (χ0) is 16.0. The Labute approximate surface area is 127 Å². The minimum Gasteiger partial charge on any atom is -0.465 e.